The summed E-state index contributed by atoms with van der Waals surface area (Å²) in [5.41, 5.74) is 1.97. The molecule has 0 unspecified atom stereocenters. The largest absolute Gasteiger partial charge is 0.508 e. The SMILES string of the molecule is O=C(Cc1cccc(O)c1)c1nc2ccccc2cc1Br. The van der Waals surface area contributed by atoms with E-state index < -0.39 is 0 Å². The molecule has 0 saturated carbocycles. The van der Waals surface area contributed by atoms with Crippen LogP contribution in [0, 0.1) is 0 Å². The number of phenolic OH excluding ortho intramolecular Hbond substituents is 1. The van der Waals surface area contributed by atoms with Crippen LogP contribution < -0.4 is 0 Å². The van der Waals surface area contributed by atoms with Crippen LogP contribution in [-0.4, -0.2) is 15.9 Å². The second kappa shape index (κ2) is 5.66. The zero-order valence-corrected chi connectivity index (χ0v) is 12.7. The van der Waals surface area contributed by atoms with E-state index in [2.05, 4.69) is 20.9 Å². The van der Waals surface area contributed by atoms with Gasteiger partial charge in [-0.3, -0.25) is 4.79 Å². The van der Waals surface area contributed by atoms with Gasteiger partial charge in [0.25, 0.3) is 0 Å². The molecule has 2 aromatic carbocycles. The van der Waals surface area contributed by atoms with Crippen LogP contribution in [0.25, 0.3) is 10.9 Å². The number of aromatic nitrogens is 1. The highest BCUT2D eigenvalue weighted by molar-refractivity contribution is 9.10. The van der Waals surface area contributed by atoms with E-state index in [0.29, 0.717) is 10.2 Å². The van der Waals surface area contributed by atoms with Gasteiger partial charge >= 0.3 is 0 Å². The standard InChI is InChI=1S/C17H12BrNO2/c18-14-10-12-5-1-2-7-15(12)19-17(14)16(21)9-11-4-3-6-13(20)8-11/h1-8,10,20H,9H2. The van der Waals surface area contributed by atoms with Gasteiger partial charge in [0.1, 0.15) is 11.4 Å². The summed E-state index contributed by atoms with van der Waals surface area (Å²) in [4.78, 5) is 16.9. The number of fused-ring (bicyclic) bond motifs is 1. The van der Waals surface area contributed by atoms with E-state index in [0.717, 1.165) is 16.5 Å². The number of pyridine rings is 1. The van der Waals surface area contributed by atoms with Gasteiger partial charge in [0.15, 0.2) is 5.78 Å². The van der Waals surface area contributed by atoms with Crippen LogP contribution in [0.1, 0.15) is 16.1 Å². The first-order chi connectivity index (χ1) is 10.1. The summed E-state index contributed by atoms with van der Waals surface area (Å²) in [6.07, 6.45) is 0.207. The molecule has 1 heterocycles. The monoisotopic (exact) mass is 341 g/mol. The molecule has 0 bridgehead atoms. The maximum Gasteiger partial charge on any atom is 0.186 e. The molecular formula is C17H12BrNO2. The smallest absolute Gasteiger partial charge is 0.186 e. The number of hydrogen-bond donors (Lipinski definition) is 1. The third kappa shape index (κ3) is 2.95. The Kier molecular flexibility index (Phi) is 3.71. The zero-order chi connectivity index (χ0) is 14.8. The number of hydrogen-bond acceptors (Lipinski definition) is 3. The quantitative estimate of drug-likeness (QED) is 0.728. The number of halogens is 1. The lowest BCUT2D eigenvalue weighted by molar-refractivity contribution is 0.0988. The minimum Gasteiger partial charge on any atom is -0.508 e. The maximum atomic E-state index is 12.4. The fraction of sp³-hybridized carbons (Fsp3) is 0.0588. The molecule has 104 valence electrons. The number of para-hydroxylation sites is 1. The van der Waals surface area contributed by atoms with Crippen LogP contribution in [0.3, 0.4) is 0 Å². The predicted molar refractivity (Wildman–Crippen MR) is 85.6 cm³/mol. The molecule has 3 aromatic rings. The Hall–Kier alpha value is -2.20. The van der Waals surface area contributed by atoms with E-state index in [9.17, 15) is 9.90 Å². The van der Waals surface area contributed by atoms with Crippen molar-refractivity contribution in [3.05, 3.63) is 70.3 Å². The number of benzene rings is 2. The highest BCUT2D eigenvalue weighted by Gasteiger charge is 2.14. The molecule has 1 aromatic heterocycles. The normalized spacial score (nSPS) is 10.7. The van der Waals surface area contributed by atoms with Gasteiger partial charge in [0.2, 0.25) is 0 Å². The summed E-state index contributed by atoms with van der Waals surface area (Å²) >= 11 is 3.41. The molecule has 0 aliphatic carbocycles. The molecule has 0 atom stereocenters. The Morgan fingerprint density at radius 2 is 1.90 bits per heavy atom. The van der Waals surface area contributed by atoms with Crippen molar-refractivity contribution in [1.82, 2.24) is 4.98 Å². The van der Waals surface area contributed by atoms with E-state index in [1.807, 2.05) is 36.4 Å². The van der Waals surface area contributed by atoms with Crippen molar-refractivity contribution in [3.8, 4) is 5.75 Å². The van der Waals surface area contributed by atoms with Crippen molar-refractivity contribution in [2.75, 3.05) is 0 Å². The van der Waals surface area contributed by atoms with Gasteiger partial charge in [-0.2, -0.15) is 0 Å². The Bertz CT molecular complexity index is 830. The van der Waals surface area contributed by atoms with Crippen LogP contribution in [0.15, 0.2) is 59.1 Å². The molecule has 3 rings (SSSR count). The van der Waals surface area contributed by atoms with Gasteiger partial charge in [-0.1, -0.05) is 30.3 Å². The molecule has 0 amide bonds. The van der Waals surface area contributed by atoms with E-state index in [4.69, 9.17) is 0 Å². The highest BCUT2D eigenvalue weighted by Crippen LogP contribution is 2.23. The van der Waals surface area contributed by atoms with Gasteiger partial charge in [-0.05, 0) is 45.8 Å². The summed E-state index contributed by atoms with van der Waals surface area (Å²) in [5, 5.41) is 10.4. The van der Waals surface area contributed by atoms with Crippen molar-refractivity contribution in [3.63, 3.8) is 0 Å². The fourth-order valence-corrected chi connectivity index (χ4v) is 2.78. The second-order valence-corrected chi connectivity index (χ2v) is 5.64. The van der Waals surface area contributed by atoms with Crippen molar-refractivity contribution >= 4 is 32.6 Å². The minimum absolute atomic E-state index is 0.0850. The highest BCUT2D eigenvalue weighted by atomic mass is 79.9. The van der Waals surface area contributed by atoms with E-state index in [-0.39, 0.29) is 18.0 Å². The van der Waals surface area contributed by atoms with Crippen LogP contribution >= 0.6 is 15.9 Å². The number of phenols is 1. The van der Waals surface area contributed by atoms with Crippen molar-refractivity contribution in [2.24, 2.45) is 0 Å². The Labute approximate surface area is 130 Å². The van der Waals surface area contributed by atoms with Crippen LogP contribution in [0.5, 0.6) is 5.75 Å². The average molecular weight is 342 g/mol. The van der Waals surface area contributed by atoms with Crippen LogP contribution in [0.2, 0.25) is 0 Å². The number of Topliss-reactive ketones (excluding diaryl/α,β-unsaturated/α-hetero) is 1. The summed E-state index contributed by atoms with van der Waals surface area (Å²) in [7, 11) is 0. The van der Waals surface area contributed by atoms with Gasteiger partial charge in [0, 0.05) is 16.3 Å². The zero-order valence-electron chi connectivity index (χ0n) is 11.1. The van der Waals surface area contributed by atoms with Crippen LogP contribution in [0.4, 0.5) is 0 Å². The molecule has 1 N–H and O–H groups in total. The third-order valence-corrected chi connectivity index (χ3v) is 3.82. The van der Waals surface area contributed by atoms with Gasteiger partial charge in [0.05, 0.1) is 5.52 Å². The average Bonchev–Trinajstić information content (AvgIpc) is 2.46. The van der Waals surface area contributed by atoms with Gasteiger partial charge < -0.3 is 5.11 Å². The Morgan fingerprint density at radius 1 is 1.10 bits per heavy atom. The topological polar surface area (TPSA) is 50.2 Å². The first-order valence-electron chi connectivity index (χ1n) is 6.50. The number of carbonyl (C=O) groups is 1. The lowest BCUT2D eigenvalue weighted by Gasteiger charge is -2.06. The molecule has 0 fully saturated rings. The van der Waals surface area contributed by atoms with Crippen molar-refractivity contribution in [1.29, 1.82) is 0 Å². The molecule has 0 aliphatic heterocycles. The fourth-order valence-electron chi connectivity index (χ4n) is 2.22. The number of carbonyl (C=O) groups excluding carboxylic acids is 1. The maximum absolute atomic E-state index is 12.4. The first-order valence-corrected chi connectivity index (χ1v) is 7.29. The molecule has 0 spiro atoms. The third-order valence-electron chi connectivity index (χ3n) is 3.22. The predicted octanol–water partition coefficient (Wildman–Crippen LogP) is 4.13. The van der Waals surface area contributed by atoms with Gasteiger partial charge in [-0.15, -0.1) is 0 Å². The molecule has 0 radical (unpaired) electrons. The minimum atomic E-state index is -0.0850. The van der Waals surface area contributed by atoms with Crippen LogP contribution in [-0.2, 0) is 6.42 Å². The molecule has 0 saturated heterocycles. The van der Waals surface area contributed by atoms with E-state index in [1.54, 1.807) is 18.2 Å². The molecule has 0 aliphatic rings. The number of rotatable bonds is 3. The lowest BCUT2D eigenvalue weighted by Crippen LogP contribution is -2.07. The molecule has 21 heavy (non-hydrogen) atoms. The Balaban J connectivity index is 1.96. The molecule has 3 nitrogen and oxygen atoms in total. The summed E-state index contributed by atoms with van der Waals surface area (Å²) < 4.78 is 0.686. The summed E-state index contributed by atoms with van der Waals surface area (Å²) in [5.74, 6) is 0.0732. The van der Waals surface area contributed by atoms with Gasteiger partial charge in [-0.25, -0.2) is 4.98 Å². The lowest BCUT2D eigenvalue weighted by atomic mass is 10.1. The second-order valence-electron chi connectivity index (χ2n) is 4.78. The van der Waals surface area contributed by atoms with E-state index >= 15 is 0 Å². The molecular weight excluding hydrogens is 330 g/mol. The number of nitrogens with zero attached hydrogens (tertiary/aromatic N) is 1. The number of aromatic hydroxyl groups is 1. The Morgan fingerprint density at radius 3 is 2.71 bits per heavy atom. The summed E-state index contributed by atoms with van der Waals surface area (Å²) in [6, 6.07) is 16.3. The first kappa shape index (κ1) is 13.8. The molecule has 4 heteroatoms. The summed E-state index contributed by atoms with van der Waals surface area (Å²) in [6.45, 7) is 0. The number of ketones is 1. The van der Waals surface area contributed by atoms with E-state index in [1.165, 1.54) is 0 Å². The van der Waals surface area contributed by atoms with Crippen molar-refractivity contribution in [2.45, 2.75) is 6.42 Å². The van der Waals surface area contributed by atoms with Crippen molar-refractivity contribution < 1.29 is 9.90 Å².